The van der Waals surface area contributed by atoms with E-state index in [9.17, 15) is 13.9 Å². The summed E-state index contributed by atoms with van der Waals surface area (Å²) in [7, 11) is 0. The van der Waals surface area contributed by atoms with Crippen molar-refractivity contribution >= 4 is 0 Å². The summed E-state index contributed by atoms with van der Waals surface area (Å²) in [6.07, 6.45) is -0.0677. The summed E-state index contributed by atoms with van der Waals surface area (Å²) in [5.41, 5.74) is -0.624. The number of hydrogen-bond donors (Lipinski definition) is 1. The maximum Gasteiger partial charge on any atom is 0.126 e. The lowest BCUT2D eigenvalue weighted by atomic mass is 9.84. The van der Waals surface area contributed by atoms with E-state index in [1.165, 1.54) is 0 Å². The van der Waals surface area contributed by atoms with Gasteiger partial charge in [-0.15, -0.1) is 0 Å². The van der Waals surface area contributed by atoms with Crippen molar-refractivity contribution in [3.8, 4) is 0 Å². The first kappa shape index (κ1) is 14.4. The van der Waals surface area contributed by atoms with Crippen LogP contribution in [0.25, 0.3) is 0 Å². The topological polar surface area (TPSA) is 38.7 Å². The molecule has 0 saturated carbocycles. The van der Waals surface area contributed by atoms with Gasteiger partial charge in [0, 0.05) is 38.7 Å². The van der Waals surface area contributed by atoms with E-state index in [0.29, 0.717) is 32.7 Å². The average molecular weight is 272 g/mol. The van der Waals surface area contributed by atoms with E-state index >= 15 is 0 Å². The van der Waals surface area contributed by atoms with E-state index in [4.69, 9.17) is 9.47 Å². The third-order valence-electron chi connectivity index (χ3n) is 3.47. The van der Waals surface area contributed by atoms with Crippen molar-refractivity contribution < 1.29 is 23.4 Å². The highest BCUT2D eigenvalue weighted by atomic mass is 19.1. The Morgan fingerprint density at radius 3 is 2.37 bits per heavy atom. The second-order valence-electron chi connectivity index (χ2n) is 4.72. The van der Waals surface area contributed by atoms with Crippen LogP contribution in [-0.4, -0.2) is 30.5 Å². The maximum absolute atomic E-state index is 13.2. The Labute approximate surface area is 111 Å². The Morgan fingerprint density at radius 1 is 1.26 bits per heavy atom. The van der Waals surface area contributed by atoms with Crippen LogP contribution < -0.4 is 0 Å². The molecule has 2 rings (SSSR count). The Kier molecular flexibility index (Phi) is 4.50. The molecule has 0 aliphatic carbocycles. The molecule has 1 saturated heterocycles. The molecule has 3 nitrogen and oxygen atoms in total. The molecule has 1 aliphatic heterocycles. The molecular formula is C14H18F2O3. The van der Waals surface area contributed by atoms with E-state index in [2.05, 4.69) is 0 Å². The van der Waals surface area contributed by atoms with Crippen LogP contribution >= 0.6 is 0 Å². The lowest BCUT2D eigenvalue weighted by Gasteiger charge is -2.40. The molecule has 1 N–H and O–H groups in total. The molecule has 1 heterocycles. The van der Waals surface area contributed by atoms with Crippen LogP contribution in [0.3, 0.4) is 0 Å². The second kappa shape index (κ2) is 5.94. The maximum atomic E-state index is 13.2. The number of rotatable bonds is 4. The standard InChI is InChI=1S/C14H18F2O3/c1-2-19-14(3-5-18-6-4-14)13(17)10-7-11(15)9-12(16)8-10/h7-9,13,17H,2-6H2,1H3. The van der Waals surface area contributed by atoms with Crippen LogP contribution in [0.1, 0.15) is 31.4 Å². The Hall–Kier alpha value is -1.04. The van der Waals surface area contributed by atoms with E-state index < -0.39 is 23.3 Å². The first-order chi connectivity index (χ1) is 9.07. The largest absolute Gasteiger partial charge is 0.385 e. The van der Waals surface area contributed by atoms with Gasteiger partial charge in [0.25, 0.3) is 0 Å². The molecule has 19 heavy (non-hydrogen) atoms. The van der Waals surface area contributed by atoms with Crippen LogP contribution in [0, 0.1) is 11.6 Å². The Bertz CT molecular complexity index is 405. The molecule has 1 atom stereocenters. The van der Waals surface area contributed by atoms with Crippen molar-refractivity contribution in [2.24, 2.45) is 0 Å². The van der Waals surface area contributed by atoms with E-state index in [-0.39, 0.29) is 5.56 Å². The molecule has 0 bridgehead atoms. The normalized spacial score (nSPS) is 20.2. The Morgan fingerprint density at radius 2 is 1.84 bits per heavy atom. The minimum atomic E-state index is -1.07. The van der Waals surface area contributed by atoms with Crippen LogP contribution in [0.5, 0.6) is 0 Å². The van der Waals surface area contributed by atoms with Crippen LogP contribution in [0.2, 0.25) is 0 Å². The summed E-state index contributed by atoms with van der Waals surface area (Å²) in [6, 6.07) is 3.07. The minimum absolute atomic E-state index is 0.202. The molecule has 0 radical (unpaired) electrons. The molecule has 1 aromatic carbocycles. The molecule has 106 valence electrons. The summed E-state index contributed by atoms with van der Waals surface area (Å²) in [6.45, 7) is 3.19. The Balaban J connectivity index is 2.30. The van der Waals surface area contributed by atoms with Gasteiger partial charge in [-0.1, -0.05) is 0 Å². The zero-order chi connectivity index (χ0) is 13.9. The lowest BCUT2D eigenvalue weighted by molar-refractivity contribution is -0.168. The number of hydrogen-bond acceptors (Lipinski definition) is 3. The number of benzene rings is 1. The molecule has 1 aromatic rings. The summed E-state index contributed by atoms with van der Waals surface area (Å²) in [5, 5.41) is 10.5. The van der Waals surface area contributed by atoms with Crippen LogP contribution in [-0.2, 0) is 9.47 Å². The van der Waals surface area contributed by atoms with Crippen LogP contribution in [0.15, 0.2) is 18.2 Å². The summed E-state index contributed by atoms with van der Waals surface area (Å²) < 4.78 is 37.5. The zero-order valence-corrected chi connectivity index (χ0v) is 10.9. The van der Waals surface area contributed by atoms with Crippen molar-refractivity contribution in [2.45, 2.75) is 31.5 Å². The average Bonchev–Trinajstić information content (AvgIpc) is 2.38. The quantitative estimate of drug-likeness (QED) is 0.915. The number of ether oxygens (including phenoxy) is 2. The molecule has 1 fully saturated rings. The van der Waals surface area contributed by atoms with Gasteiger partial charge in [0.05, 0.1) is 0 Å². The molecule has 5 heteroatoms. The van der Waals surface area contributed by atoms with E-state index in [1.807, 2.05) is 6.92 Å². The highest BCUT2D eigenvalue weighted by Crippen LogP contribution is 2.38. The van der Waals surface area contributed by atoms with E-state index in [1.54, 1.807) is 0 Å². The monoisotopic (exact) mass is 272 g/mol. The predicted octanol–water partition coefficient (Wildman–Crippen LogP) is 2.58. The molecule has 1 aliphatic rings. The molecular weight excluding hydrogens is 254 g/mol. The van der Waals surface area contributed by atoms with Gasteiger partial charge in [-0.2, -0.15) is 0 Å². The van der Waals surface area contributed by atoms with Gasteiger partial charge in [-0.05, 0) is 24.6 Å². The SMILES string of the molecule is CCOC1(C(O)c2cc(F)cc(F)c2)CCOCC1. The summed E-state index contributed by atoms with van der Waals surface area (Å²) >= 11 is 0. The molecule has 1 unspecified atom stereocenters. The highest BCUT2D eigenvalue weighted by Gasteiger charge is 2.41. The minimum Gasteiger partial charge on any atom is -0.385 e. The third kappa shape index (κ3) is 3.11. The highest BCUT2D eigenvalue weighted by molar-refractivity contribution is 5.23. The van der Waals surface area contributed by atoms with E-state index in [0.717, 1.165) is 18.2 Å². The first-order valence-corrected chi connectivity index (χ1v) is 6.43. The van der Waals surface area contributed by atoms with Gasteiger partial charge in [-0.25, -0.2) is 8.78 Å². The number of aliphatic hydroxyl groups is 1. The van der Waals surface area contributed by atoms with Gasteiger partial charge in [0.2, 0.25) is 0 Å². The summed E-state index contributed by atoms with van der Waals surface area (Å²) in [5.74, 6) is -1.40. The number of aliphatic hydroxyl groups excluding tert-OH is 1. The lowest BCUT2D eigenvalue weighted by Crippen LogP contribution is -2.44. The second-order valence-corrected chi connectivity index (χ2v) is 4.72. The van der Waals surface area contributed by atoms with Gasteiger partial charge < -0.3 is 14.6 Å². The zero-order valence-electron chi connectivity index (χ0n) is 10.9. The third-order valence-corrected chi connectivity index (χ3v) is 3.47. The fourth-order valence-corrected chi connectivity index (χ4v) is 2.54. The summed E-state index contributed by atoms with van der Waals surface area (Å²) in [4.78, 5) is 0. The van der Waals surface area contributed by atoms with Gasteiger partial charge in [0.15, 0.2) is 0 Å². The smallest absolute Gasteiger partial charge is 0.126 e. The fourth-order valence-electron chi connectivity index (χ4n) is 2.54. The predicted molar refractivity (Wildman–Crippen MR) is 65.7 cm³/mol. The van der Waals surface area contributed by atoms with Crippen molar-refractivity contribution in [3.63, 3.8) is 0 Å². The van der Waals surface area contributed by atoms with Gasteiger partial charge in [0.1, 0.15) is 23.3 Å². The van der Waals surface area contributed by atoms with Crippen molar-refractivity contribution in [3.05, 3.63) is 35.4 Å². The molecule has 0 amide bonds. The fraction of sp³-hybridized carbons (Fsp3) is 0.571. The number of halogens is 2. The van der Waals surface area contributed by atoms with Crippen LogP contribution in [0.4, 0.5) is 8.78 Å². The van der Waals surface area contributed by atoms with Crippen molar-refractivity contribution in [2.75, 3.05) is 19.8 Å². The first-order valence-electron chi connectivity index (χ1n) is 6.43. The molecule has 0 aromatic heterocycles. The van der Waals surface area contributed by atoms with Gasteiger partial charge in [-0.3, -0.25) is 0 Å². The van der Waals surface area contributed by atoms with Crippen molar-refractivity contribution in [1.29, 1.82) is 0 Å². The van der Waals surface area contributed by atoms with Crippen molar-refractivity contribution in [1.82, 2.24) is 0 Å². The molecule has 0 spiro atoms. The van der Waals surface area contributed by atoms with Gasteiger partial charge >= 0.3 is 0 Å².